The fraction of sp³-hybridized carbons (Fsp3) is 0.615. The molecule has 33 radical (unpaired) electrons. The van der Waals surface area contributed by atoms with Crippen molar-refractivity contribution in [3.8, 4) is 0 Å². The molecule has 2 atom stereocenters. The van der Waals surface area contributed by atoms with E-state index in [9.17, 15) is 0 Å². The number of hydrogen-bond acceptors (Lipinski definition) is 12. The van der Waals surface area contributed by atoms with Crippen molar-refractivity contribution in [1.82, 2.24) is 40.0 Å². The molecule has 12 nitrogen and oxygen atoms in total. The van der Waals surface area contributed by atoms with Crippen LogP contribution >= 0.6 is 0 Å². The second-order valence-corrected chi connectivity index (χ2v) is 27.2. The zero-order chi connectivity index (χ0) is 68.0. The second kappa shape index (κ2) is 41.8. The van der Waals surface area contributed by atoms with E-state index in [1.807, 2.05) is 36.8 Å². The zero-order valence-corrected chi connectivity index (χ0v) is 55.9. The van der Waals surface area contributed by atoms with Crippen LogP contribution in [0.15, 0.2) is 73.6 Å². The van der Waals surface area contributed by atoms with E-state index in [4.69, 9.17) is 145 Å². The molecule has 8 heterocycles. The number of likely N-dealkylation sites (tertiary alicyclic amines) is 3. The van der Waals surface area contributed by atoms with Crippen molar-refractivity contribution in [2.45, 2.75) is 154 Å². The summed E-state index contributed by atoms with van der Waals surface area (Å²) in [6.07, 6.45) is 16.8. The van der Waals surface area contributed by atoms with Gasteiger partial charge < -0.3 is 26.3 Å². The highest BCUT2D eigenvalue weighted by Gasteiger charge is 2.53. The molecule has 4 saturated heterocycles. The summed E-state index contributed by atoms with van der Waals surface area (Å²) >= 11 is 0. The SMILES string of the molecule is C.CC1CCCc2cnccc21.Nc1cc(CN2CCC(OC3CCN(C4CCCc5cnccc54)CC3)CC2)ccn1.Nc1cc(CN2CCC(OC3CCNCC3)CC2)ccn1.[B][B]B([B])B(B([B])[B])B(B(B([B])[B])B([B])[B])B(B(B([B])[B])B([B])[B])B(B([B])[B])B([B])[B]. The second-order valence-electron chi connectivity index (χ2n) is 27.2. The van der Waals surface area contributed by atoms with E-state index >= 15 is 0 Å². The van der Waals surface area contributed by atoms with Crippen LogP contribution in [0, 0.1) is 0 Å². The third-order valence-electron chi connectivity index (χ3n) is 20.3. The largest absolute Gasteiger partial charge is 0.384 e. The summed E-state index contributed by atoms with van der Waals surface area (Å²) in [4.78, 5) is 24.3. The normalized spacial score (nSPS) is 18.6. The highest BCUT2D eigenvalue weighted by atomic mass is 16.5. The van der Waals surface area contributed by atoms with Gasteiger partial charge in [-0.05, 0) is 179 Å². The number of ether oxygens (including phenoxy) is 2. The minimum Gasteiger partial charge on any atom is -0.384 e. The highest BCUT2D eigenvalue weighted by Crippen LogP contribution is 2.36. The number of nitrogen functional groups attached to an aromatic ring is 2. The zero-order valence-electron chi connectivity index (χ0n) is 55.9. The van der Waals surface area contributed by atoms with Gasteiger partial charge in [0.2, 0.25) is 0 Å². The van der Waals surface area contributed by atoms with Crippen molar-refractivity contribution in [3.05, 3.63) is 107 Å². The quantitative estimate of drug-likeness (QED) is 0.0631. The smallest absolute Gasteiger partial charge is 0.123 e. The number of pyridine rings is 4. The predicted octanol–water partition coefficient (Wildman–Crippen LogP) is -3.67. The minimum atomic E-state index is -1.07. The molecule has 95 heavy (non-hydrogen) atoms. The lowest BCUT2D eigenvalue weighted by Crippen LogP contribution is -2.89. The molecule has 5 N–H and O–H groups in total. The first kappa shape index (κ1) is 81.9. The Morgan fingerprint density at radius 3 is 1.26 bits per heavy atom. The molecule has 4 aliphatic heterocycles. The summed E-state index contributed by atoms with van der Waals surface area (Å²) in [5.41, 5.74) is 20.0. The van der Waals surface area contributed by atoms with Gasteiger partial charge in [0, 0.05) is 316 Å². The molecular weight excluding hydrogens is 1130 g/mol. The molecule has 0 aromatic carbocycles. The number of aryl methyl sites for hydroxylation is 2. The van der Waals surface area contributed by atoms with E-state index in [1.165, 1.54) is 79.0 Å². The Labute approximate surface area is 601 Å². The lowest BCUT2D eigenvalue weighted by atomic mass is 8.31. The first-order chi connectivity index (χ1) is 45.0. The molecule has 4 aromatic rings. The lowest BCUT2D eigenvalue weighted by molar-refractivity contribution is -0.0702. The average molecular weight is 1210 g/mol. The number of nitrogens with one attached hydrogen (secondary N) is 1. The number of hydrogen-bond donors (Lipinski definition) is 3. The summed E-state index contributed by atoms with van der Waals surface area (Å²) in [7, 11) is 98.1. The van der Waals surface area contributed by atoms with Gasteiger partial charge in [0.05, 0.1) is 24.4 Å². The van der Waals surface area contributed by atoms with Crippen LogP contribution in [0.2, 0.25) is 0 Å². The number of piperidine rings is 4. The van der Waals surface area contributed by atoms with Crippen molar-refractivity contribution in [1.29, 1.82) is 0 Å². The first-order valence-corrected chi connectivity index (χ1v) is 34.4. The summed E-state index contributed by atoms with van der Waals surface area (Å²) in [5.74, 6) is 1.97. The Bertz CT molecular complexity index is 2760. The summed E-state index contributed by atoms with van der Waals surface area (Å²) < 4.78 is 12.8. The number of nitrogens with two attached hydrogens (primary N) is 2. The van der Waals surface area contributed by atoms with Gasteiger partial charge >= 0.3 is 0 Å². The van der Waals surface area contributed by atoms with E-state index in [0.29, 0.717) is 42.1 Å². The van der Waals surface area contributed by atoms with Crippen LogP contribution in [0.25, 0.3) is 0 Å². The van der Waals surface area contributed by atoms with Crippen molar-refractivity contribution in [3.63, 3.8) is 0 Å². The molecule has 0 bridgehead atoms. The van der Waals surface area contributed by atoms with Crippen molar-refractivity contribution in [2.24, 2.45) is 0 Å². The molecule has 2 aliphatic carbocycles. The number of nitrogens with zero attached hydrogens (tertiary/aromatic N) is 7. The number of anilines is 2. The fourth-order valence-corrected chi connectivity index (χ4v) is 15.5. The predicted molar refractivity (Wildman–Crippen MR) is 437 cm³/mol. The molecule has 4 fully saturated rings. The van der Waals surface area contributed by atoms with E-state index in [2.05, 4.69) is 71.3 Å². The van der Waals surface area contributed by atoms with Gasteiger partial charge in [0.1, 0.15) is 11.6 Å². The third kappa shape index (κ3) is 25.2. The van der Waals surface area contributed by atoms with E-state index < -0.39 is 89.4 Å². The fourth-order valence-electron chi connectivity index (χ4n) is 15.5. The monoisotopic (exact) mass is 1220 g/mol. The molecule has 2 unspecified atom stereocenters. The van der Waals surface area contributed by atoms with Crippen LogP contribution in [0.5, 0.6) is 0 Å². The Balaban J connectivity index is 0.000000210. The van der Waals surface area contributed by atoms with Crippen LogP contribution in [-0.4, -0.2) is 332 Å². The number of rotatable bonds is 23. The van der Waals surface area contributed by atoms with Crippen LogP contribution in [-0.2, 0) is 35.4 Å². The Morgan fingerprint density at radius 1 is 0.484 bits per heavy atom. The van der Waals surface area contributed by atoms with Gasteiger partial charge in [-0.3, -0.25) is 24.7 Å². The van der Waals surface area contributed by atoms with Crippen molar-refractivity contribution < 1.29 is 9.47 Å². The van der Waals surface area contributed by atoms with Crippen LogP contribution in [0.3, 0.4) is 0 Å². The number of aromatic nitrogens is 4. The number of fused-ring (bicyclic) bond motifs is 2. The molecular formula is C52H78B31N10O2. The molecule has 6 aliphatic rings. The average Bonchev–Trinajstić information content (AvgIpc) is 0.786. The van der Waals surface area contributed by atoms with Gasteiger partial charge in [-0.25, -0.2) is 9.97 Å². The lowest BCUT2D eigenvalue weighted by Gasteiger charge is -2.50. The molecule has 43 heteroatoms. The Kier molecular flexibility index (Phi) is 36.0. The maximum absolute atomic E-state index is 6.56. The molecule has 4 aromatic heterocycles. The Morgan fingerprint density at radius 2 is 0.863 bits per heavy atom. The topological polar surface area (TPSA) is 144 Å². The van der Waals surface area contributed by atoms with Crippen molar-refractivity contribution >= 4 is 232 Å². The van der Waals surface area contributed by atoms with Crippen LogP contribution < -0.4 is 16.8 Å². The van der Waals surface area contributed by atoms with E-state index in [0.717, 1.165) is 123 Å². The van der Waals surface area contributed by atoms with Gasteiger partial charge in [0.15, 0.2) is 0 Å². The standard InChI is InChI=1S/C25H35N5O.C16H26N4O.C10H13N.CH4.B31/c26-25-16-19(4-11-28-25)18-29-12-6-21(7-13-29)31-22-8-14-30(15-9-22)24-3-1-2-20-17-27-10-5-23(20)24;17-16-11-13(1-8-19-16)12-20-9-4-15(5-10-20)21-14-2-6-18-7-3-14;1-8-3-2-4-9-7-11-6-5-10(8)9;;1-17-25(16)29(24(14)15)31(28(22(10)11)23(12)13)30(26(18(2)3)19(4)5)27(20(6)7)21(8)9/h4-5,10-11,16-17,21-22,24H,1-3,6-9,12-15,18H2,(H2,26,28);1,8,11,14-15,18H,2-7,9-10,12H2,(H2,17,19);5-8H,2-4H2,1H3;1H4;. The van der Waals surface area contributed by atoms with Crippen LogP contribution in [0.1, 0.15) is 137 Å². The van der Waals surface area contributed by atoms with Gasteiger partial charge in [-0.2, -0.15) is 0 Å². The van der Waals surface area contributed by atoms with Gasteiger partial charge in [0.25, 0.3) is 0 Å². The first-order valence-electron chi connectivity index (χ1n) is 34.4. The van der Waals surface area contributed by atoms with Gasteiger partial charge in [-0.15, -0.1) is 0 Å². The third-order valence-corrected chi connectivity index (χ3v) is 20.3. The van der Waals surface area contributed by atoms with E-state index in [1.54, 1.807) is 12.4 Å². The molecule has 10 rings (SSSR count). The maximum Gasteiger partial charge on any atom is 0.123 e. The molecule has 441 valence electrons. The van der Waals surface area contributed by atoms with Gasteiger partial charge in [-0.1, -0.05) is 14.4 Å². The molecule has 0 saturated carbocycles. The van der Waals surface area contributed by atoms with Crippen LogP contribution in [0.4, 0.5) is 11.6 Å². The van der Waals surface area contributed by atoms with E-state index in [-0.39, 0.29) is 7.43 Å². The molecule has 0 spiro atoms. The summed E-state index contributed by atoms with van der Waals surface area (Å²) in [5, 5.41) is 3.39. The molecule has 0 amide bonds. The summed E-state index contributed by atoms with van der Waals surface area (Å²) in [6.45, 7) is 13.1. The van der Waals surface area contributed by atoms with Crippen molar-refractivity contribution in [2.75, 3.05) is 63.8 Å². The Hall–Kier alpha value is -2.03. The summed E-state index contributed by atoms with van der Waals surface area (Å²) in [6, 6.07) is 13.1. The maximum atomic E-state index is 6.56. The highest BCUT2D eigenvalue weighted by molar-refractivity contribution is 8.28. The minimum absolute atomic E-state index is 0.